The summed E-state index contributed by atoms with van der Waals surface area (Å²) in [5.41, 5.74) is 3.45. The van der Waals surface area contributed by atoms with Gasteiger partial charge in [0.15, 0.2) is 11.5 Å². The van der Waals surface area contributed by atoms with Gasteiger partial charge in [-0.2, -0.15) is 0 Å². The molecule has 1 fully saturated rings. The number of benzene rings is 2. The van der Waals surface area contributed by atoms with Crippen LogP contribution in [-0.2, 0) is 11.3 Å². The Morgan fingerprint density at radius 2 is 1.86 bits per heavy atom. The minimum absolute atomic E-state index is 0.0152. The van der Waals surface area contributed by atoms with Crippen molar-refractivity contribution in [1.29, 1.82) is 0 Å². The van der Waals surface area contributed by atoms with E-state index in [1.165, 1.54) is 14.2 Å². The van der Waals surface area contributed by atoms with E-state index in [1.54, 1.807) is 19.2 Å². The number of amides is 1. The Hall–Kier alpha value is -3.52. The molecule has 8 nitrogen and oxygen atoms in total. The number of carbonyl (C=O) groups excluding carboxylic acids is 1. The topological polar surface area (TPSA) is 73.4 Å². The molecule has 0 spiro atoms. The number of rotatable bonds is 9. The Labute approximate surface area is 212 Å². The summed E-state index contributed by atoms with van der Waals surface area (Å²) < 4.78 is 22.5. The number of hydrogen-bond acceptors (Lipinski definition) is 7. The van der Waals surface area contributed by atoms with Gasteiger partial charge in [-0.3, -0.25) is 4.79 Å². The van der Waals surface area contributed by atoms with Crippen LogP contribution in [0.25, 0.3) is 10.9 Å². The van der Waals surface area contributed by atoms with Crippen molar-refractivity contribution in [3.63, 3.8) is 0 Å². The summed E-state index contributed by atoms with van der Waals surface area (Å²) in [5, 5.41) is 1.05. The molecule has 1 saturated heterocycles. The normalized spacial score (nSPS) is 15.1. The highest BCUT2D eigenvalue weighted by molar-refractivity contribution is 5.98. The van der Waals surface area contributed by atoms with E-state index in [1.807, 2.05) is 30.0 Å². The van der Waals surface area contributed by atoms with Gasteiger partial charge in [0.25, 0.3) is 5.91 Å². The van der Waals surface area contributed by atoms with E-state index in [0.29, 0.717) is 42.5 Å². The molecule has 1 atom stereocenters. The van der Waals surface area contributed by atoms with Crippen molar-refractivity contribution in [3.05, 3.63) is 53.1 Å². The van der Waals surface area contributed by atoms with E-state index in [9.17, 15) is 4.79 Å². The maximum atomic E-state index is 14.0. The molecule has 1 aromatic heterocycles. The number of hydrogen-bond donors (Lipinski definition) is 0. The van der Waals surface area contributed by atoms with Gasteiger partial charge in [0, 0.05) is 44.7 Å². The summed E-state index contributed by atoms with van der Waals surface area (Å²) in [4.78, 5) is 22.8. The zero-order valence-electron chi connectivity index (χ0n) is 22.0. The molecule has 0 bridgehead atoms. The maximum Gasteiger partial charge on any atom is 0.258 e. The molecule has 1 amide bonds. The molecule has 0 radical (unpaired) electrons. The zero-order chi connectivity index (χ0) is 25.8. The third kappa shape index (κ3) is 5.04. The molecule has 0 saturated carbocycles. The smallest absolute Gasteiger partial charge is 0.258 e. The largest absolute Gasteiger partial charge is 0.493 e. The predicted octanol–water partition coefficient (Wildman–Crippen LogP) is 4.46. The van der Waals surface area contributed by atoms with Crippen molar-refractivity contribution in [3.8, 4) is 17.2 Å². The molecule has 0 N–H and O–H groups in total. The lowest BCUT2D eigenvalue weighted by atomic mass is 10.1. The highest BCUT2D eigenvalue weighted by Crippen LogP contribution is 2.40. The fourth-order valence-corrected chi connectivity index (χ4v) is 4.78. The number of carbonyl (C=O) groups is 1. The minimum atomic E-state index is -0.169. The van der Waals surface area contributed by atoms with Crippen LogP contribution >= 0.6 is 0 Å². The fourth-order valence-electron chi connectivity index (χ4n) is 4.78. The van der Waals surface area contributed by atoms with Gasteiger partial charge in [-0.15, -0.1) is 0 Å². The molecule has 192 valence electrons. The Morgan fingerprint density at radius 3 is 2.50 bits per heavy atom. The molecular weight excluding hydrogens is 458 g/mol. The number of anilines is 1. The molecule has 1 aliphatic rings. The molecule has 36 heavy (non-hydrogen) atoms. The Balaban J connectivity index is 1.78. The first-order valence-corrected chi connectivity index (χ1v) is 12.1. The number of methoxy groups -OCH3 is 3. The standard InChI is InChI=1S/C28H35N3O5/c1-18-9-7-10-19-15-20(27(30(2)3)29-24(18)19)16-31(17-21-11-8-14-36-21)28(32)22-12-13-23(33-4)26(35-6)25(22)34-5/h7,9-10,12-13,15,21H,8,11,14,16-17H2,1-6H3/t21-/m1/s1. The number of aryl methyl sites for hydroxylation is 1. The summed E-state index contributed by atoms with van der Waals surface area (Å²) >= 11 is 0. The number of nitrogens with zero attached hydrogens (tertiary/aromatic N) is 3. The number of aromatic nitrogens is 1. The summed E-state index contributed by atoms with van der Waals surface area (Å²) in [5.74, 6) is 1.90. The summed E-state index contributed by atoms with van der Waals surface area (Å²) in [6.45, 7) is 3.62. The van der Waals surface area contributed by atoms with Gasteiger partial charge >= 0.3 is 0 Å². The van der Waals surface area contributed by atoms with Crippen LogP contribution < -0.4 is 19.1 Å². The van der Waals surface area contributed by atoms with Crippen molar-refractivity contribution in [2.24, 2.45) is 0 Å². The second kappa shape index (κ2) is 11.0. The highest BCUT2D eigenvalue weighted by atomic mass is 16.5. The first kappa shape index (κ1) is 25.6. The SMILES string of the molecule is COc1ccc(C(=O)N(Cc2cc3cccc(C)c3nc2N(C)C)C[C@H]2CCCO2)c(OC)c1OC. The molecule has 3 aromatic rings. The van der Waals surface area contributed by atoms with Crippen LogP contribution in [0.5, 0.6) is 17.2 Å². The molecule has 8 heteroatoms. The molecular formula is C28H35N3O5. The van der Waals surface area contributed by atoms with Crippen LogP contribution in [0.2, 0.25) is 0 Å². The van der Waals surface area contributed by atoms with E-state index in [4.69, 9.17) is 23.9 Å². The van der Waals surface area contributed by atoms with Crippen LogP contribution in [-0.4, -0.2) is 70.5 Å². The third-order valence-electron chi connectivity index (χ3n) is 6.56. The monoisotopic (exact) mass is 493 g/mol. The van der Waals surface area contributed by atoms with E-state index < -0.39 is 0 Å². The summed E-state index contributed by atoms with van der Waals surface area (Å²) in [6, 6.07) is 11.7. The lowest BCUT2D eigenvalue weighted by Crippen LogP contribution is -2.37. The van der Waals surface area contributed by atoms with Crippen LogP contribution in [0.3, 0.4) is 0 Å². The predicted molar refractivity (Wildman–Crippen MR) is 141 cm³/mol. The number of ether oxygens (including phenoxy) is 4. The summed E-state index contributed by atoms with van der Waals surface area (Å²) in [6.07, 6.45) is 1.90. The van der Waals surface area contributed by atoms with E-state index in [-0.39, 0.29) is 12.0 Å². The molecule has 2 heterocycles. The zero-order valence-corrected chi connectivity index (χ0v) is 22.0. The first-order valence-electron chi connectivity index (χ1n) is 12.1. The highest BCUT2D eigenvalue weighted by Gasteiger charge is 2.29. The second-order valence-electron chi connectivity index (χ2n) is 9.21. The van der Waals surface area contributed by atoms with Crippen molar-refractivity contribution in [2.75, 3.05) is 53.5 Å². The van der Waals surface area contributed by atoms with E-state index in [2.05, 4.69) is 25.1 Å². The van der Waals surface area contributed by atoms with Crippen LogP contribution in [0.1, 0.15) is 34.3 Å². The third-order valence-corrected chi connectivity index (χ3v) is 6.56. The van der Waals surface area contributed by atoms with Crippen LogP contribution in [0.4, 0.5) is 5.82 Å². The number of fused-ring (bicyclic) bond motifs is 1. The van der Waals surface area contributed by atoms with Gasteiger partial charge in [-0.1, -0.05) is 18.2 Å². The van der Waals surface area contributed by atoms with Gasteiger partial charge in [0.05, 0.1) is 38.5 Å². The Kier molecular flexibility index (Phi) is 7.84. The molecule has 2 aromatic carbocycles. The van der Waals surface area contributed by atoms with Crippen LogP contribution in [0, 0.1) is 6.92 Å². The van der Waals surface area contributed by atoms with Crippen LogP contribution in [0.15, 0.2) is 36.4 Å². The Bertz CT molecular complexity index is 1240. The van der Waals surface area contributed by atoms with Crippen molar-refractivity contribution < 1.29 is 23.7 Å². The average molecular weight is 494 g/mol. The molecule has 4 rings (SSSR count). The second-order valence-corrected chi connectivity index (χ2v) is 9.21. The lowest BCUT2D eigenvalue weighted by Gasteiger charge is -2.28. The molecule has 0 unspecified atom stereocenters. The van der Waals surface area contributed by atoms with Gasteiger partial charge in [0.1, 0.15) is 5.82 Å². The number of para-hydroxylation sites is 1. The number of pyridine rings is 1. The van der Waals surface area contributed by atoms with E-state index in [0.717, 1.165) is 40.7 Å². The van der Waals surface area contributed by atoms with E-state index >= 15 is 0 Å². The van der Waals surface area contributed by atoms with Crippen molar-refractivity contribution in [1.82, 2.24) is 9.88 Å². The summed E-state index contributed by atoms with van der Waals surface area (Å²) in [7, 11) is 8.56. The fraction of sp³-hybridized carbons (Fsp3) is 0.429. The van der Waals surface area contributed by atoms with Crippen molar-refractivity contribution >= 4 is 22.6 Å². The minimum Gasteiger partial charge on any atom is -0.493 e. The Morgan fingerprint density at radius 1 is 1.08 bits per heavy atom. The van der Waals surface area contributed by atoms with Gasteiger partial charge in [-0.05, 0) is 43.5 Å². The van der Waals surface area contributed by atoms with Gasteiger partial charge in [-0.25, -0.2) is 4.98 Å². The van der Waals surface area contributed by atoms with Gasteiger partial charge in [0.2, 0.25) is 5.75 Å². The molecule has 0 aliphatic carbocycles. The van der Waals surface area contributed by atoms with Crippen molar-refractivity contribution in [2.45, 2.75) is 32.4 Å². The first-order chi connectivity index (χ1) is 17.4. The average Bonchev–Trinajstić information content (AvgIpc) is 3.39. The lowest BCUT2D eigenvalue weighted by molar-refractivity contribution is 0.0504. The molecule has 1 aliphatic heterocycles. The maximum absolute atomic E-state index is 14.0. The quantitative estimate of drug-likeness (QED) is 0.436. The van der Waals surface area contributed by atoms with Gasteiger partial charge < -0.3 is 28.7 Å².